The van der Waals surface area contributed by atoms with Crippen LogP contribution in [0.5, 0.6) is 11.5 Å². The van der Waals surface area contributed by atoms with Crippen molar-refractivity contribution in [2.45, 2.75) is 31.5 Å². The van der Waals surface area contributed by atoms with Crippen LogP contribution in [0.3, 0.4) is 0 Å². The number of benzene rings is 2. The van der Waals surface area contributed by atoms with Gasteiger partial charge in [-0.3, -0.25) is 14.9 Å². The Kier molecular flexibility index (Phi) is 5.21. The van der Waals surface area contributed by atoms with Gasteiger partial charge in [0.15, 0.2) is 18.1 Å². The maximum absolute atomic E-state index is 12.1. The van der Waals surface area contributed by atoms with E-state index in [4.69, 9.17) is 25.8 Å². The molecule has 30 heavy (non-hydrogen) atoms. The van der Waals surface area contributed by atoms with Gasteiger partial charge in [-0.15, -0.1) is 0 Å². The summed E-state index contributed by atoms with van der Waals surface area (Å²) in [6.45, 7) is -0.562. The summed E-state index contributed by atoms with van der Waals surface area (Å²) in [5.41, 5.74) is -0.0321. The summed E-state index contributed by atoms with van der Waals surface area (Å²) >= 11 is 5.72. The molecule has 2 aromatic carbocycles. The molecule has 0 saturated heterocycles. The van der Waals surface area contributed by atoms with Crippen molar-refractivity contribution in [3.63, 3.8) is 0 Å². The summed E-state index contributed by atoms with van der Waals surface area (Å²) in [6, 6.07) is 8.55. The van der Waals surface area contributed by atoms with Crippen molar-refractivity contribution in [1.82, 2.24) is 0 Å². The number of ether oxygens (including phenoxy) is 3. The Hall–Kier alpha value is -3.33. The van der Waals surface area contributed by atoms with Crippen LogP contribution in [0.4, 0.5) is 11.4 Å². The first-order valence-electron chi connectivity index (χ1n) is 9.28. The average molecular weight is 433 g/mol. The number of halogens is 1. The number of carbonyl (C=O) groups excluding carboxylic acids is 2. The Morgan fingerprint density at radius 3 is 2.60 bits per heavy atom. The molecule has 1 N–H and O–H groups in total. The van der Waals surface area contributed by atoms with Crippen LogP contribution in [0.1, 0.15) is 36.0 Å². The van der Waals surface area contributed by atoms with Gasteiger partial charge in [0.05, 0.1) is 10.5 Å². The van der Waals surface area contributed by atoms with E-state index in [1.54, 1.807) is 18.2 Å². The third-order valence-electron chi connectivity index (χ3n) is 4.90. The van der Waals surface area contributed by atoms with E-state index in [0.29, 0.717) is 17.2 Å². The summed E-state index contributed by atoms with van der Waals surface area (Å²) in [6.07, 6.45) is 3.73. The van der Waals surface area contributed by atoms with E-state index < -0.39 is 34.9 Å². The van der Waals surface area contributed by atoms with E-state index in [1.807, 2.05) is 0 Å². The van der Waals surface area contributed by atoms with Crippen molar-refractivity contribution in [3.05, 3.63) is 57.1 Å². The van der Waals surface area contributed by atoms with Gasteiger partial charge in [-0.25, -0.2) is 4.79 Å². The van der Waals surface area contributed by atoms with Crippen molar-refractivity contribution >= 4 is 34.9 Å². The first kappa shape index (κ1) is 20.0. The number of anilines is 1. The molecule has 0 aromatic heterocycles. The Bertz CT molecular complexity index is 1030. The number of nitro groups is 1. The molecule has 10 heteroatoms. The average Bonchev–Trinajstić information content (AvgIpc) is 3.31. The lowest BCUT2D eigenvalue weighted by Gasteiger charge is -2.21. The maximum Gasteiger partial charge on any atom is 0.338 e. The quantitative estimate of drug-likeness (QED) is 0.429. The minimum atomic E-state index is -0.876. The van der Waals surface area contributed by atoms with E-state index in [-0.39, 0.29) is 10.6 Å². The smallest absolute Gasteiger partial charge is 0.338 e. The first-order chi connectivity index (χ1) is 14.3. The molecule has 0 bridgehead atoms. The van der Waals surface area contributed by atoms with Gasteiger partial charge in [0.1, 0.15) is 5.02 Å². The van der Waals surface area contributed by atoms with Crippen LogP contribution in [-0.4, -0.2) is 29.2 Å². The second-order valence-electron chi connectivity index (χ2n) is 7.03. The molecule has 0 atom stereocenters. The zero-order chi connectivity index (χ0) is 21.3. The second kappa shape index (κ2) is 7.83. The first-order valence-corrected chi connectivity index (χ1v) is 9.66. The van der Waals surface area contributed by atoms with Gasteiger partial charge in [-0.1, -0.05) is 11.6 Å². The summed E-state index contributed by atoms with van der Waals surface area (Å²) < 4.78 is 16.8. The third-order valence-corrected chi connectivity index (χ3v) is 5.22. The van der Waals surface area contributed by atoms with E-state index in [1.165, 1.54) is 12.1 Å². The molecule has 0 unspecified atom stereocenters. The van der Waals surface area contributed by atoms with E-state index in [0.717, 1.165) is 31.7 Å². The Morgan fingerprint density at radius 2 is 1.87 bits per heavy atom. The van der Waals surface area contributed by atoms with Crippen molar-refractivity contribution in [2.24, 2.45) is 0 Å². The maximum atomic E-state index is 12.1. The summed E-state index contributed by atoms with van der Waals surface area (Å²) in [7, 11) is 0. The van der Waals surface area contributed by atoms with Crippen LogP contribution in [0.15, 0.2) is 36.4 Å². The number of nitrogens with zero attached hydrogens (tertiary/aromatic N) is 1. The number of nitro benzene ring substituents is 1. The van der Waals surface area contributed by atoms with E-state index in [9.17, 15) is 19.7 Å². The van der Waals surface area contributed by atoms with Gasteiger partial charge in [0, 0.05) is 30.7 Å². The molecule has 2 aliphatic rings. The van der Waals surface area contributed by atoms with Gasteiger partial charge in [0.25, 0.3) is 17.4 Å². The Labute approximate surface area is 176 Å². The number of esters is 1. The molecule has 1 aliphatic carbocycles. The largest absolute Gasteiger partial charge is 0.452 e. The molecule has 1 fully saturated rings. The van der Waals surface area contributed by atoms with Crippen LogP contribution in [0, 0.1) is 10.1 Å². The number of rotatable bonds is 5. The summed E-state index contributed by atoms with van der Waals surface area (Å²) in [5, 5.41) is 13.4. The Morgan fingerprint density at radius 1 is 1.13 bits per heavy atom. The predicted molar refractivity (Wildman–Crippen MR) is 106 cm³/mol. The van der Waals surface area contributed by atoms with Crippen LogP contribution in [-0.2, 0) is 9.53 Å². The Balaban J connectivity index is 1.34. The molecule has 9 nitrogen and oxygen atoms in total. The summed E-state index contributed by atoms with van der Waals surface area (Å²) in [5.74, 6) is -0.854. The lowest BCUT2D eigenvalue weighted by Crippen LogP contribution is -2.34. The highest BCUT2D eigenvalue weighted by atomic mass is 35.5. The molecule has 2 aromatic rings. The van der Waals surface area contributed by atoms with Crippen molar-refractivity contribution in [3.8, 4) is 11.5 Å². The molecular weight excluding hydrogens is 416 g/mol. The molecule has 1 aliphatic heterocycles. The number of carbonyl (C=O) groups is 2. The number of hydrogen-bond donors (Lipinski definition) is 1. The van der Waals surface area contributed by atoms with Crippen molar-refractivity contribution in [1.29, 1.82) is 0 Å². The lowest BCUT2D eigenvalue weighted by atomic mass is 10.2. The fourth-order valence-corrected chi connectivity index (χ4v) is 3.67. The number of nitrogens with one attached hydrogen (secondary N) is 1. The zero-order valence-corrected chi connectivity index (χ0v) is 16.4. The number of hydrogen-bond acceptors (Lipinski definition) is 7. The topological polar surface area (TPSA) is 117 Å². The second-order valence-corrected chi connectivity index (χ2v) is 7.44. The van der Waals surface area contributed by atoms with E-state index in [2.05, 4.69) is 5.32 Å². The minimum Gasteiger partial charge on any atom is -0.452 e. The normalized spacial score (nSPS) is 15.8. The molecule has 1 saturated carbocycles. The number of fused-ring (bicyclic) bond motifs is 1. The monoisotopic (exact) mass is 432 g/mol. The fourth-order valence-electron chi connectivity index (χ4n) is 3.48. The number of amides is 1. The fraction of sp³-hybridized carbons (Fsp3) is 0.300. The zero-order valence-electron chi connectivity index (χ0n) is 15.7. The lowest BCUT2D eigenvalue weighted by molar-refractivity contribution is -0.384. The van der Waals surface area contributed by atoms with Gasteiger partial charge < -0.3 is 19.5 Å². The standard InChI is InChI=1S/C20H17ClN2O7/c21-14-5-3-12(9-15(14)23(26)27)19(25)28-11-18(24)22-13-4-6-16-17(10-13)30-20(29-16)7-1-2-8-20/h3-6,9-10H,1-2,7-8,11H2,(H,22,24). The highest BCUT2D eigenvalue weighted by Crippen LogP contribution is 2.47. The molecule has 1 heterocycles. The van der Waals surface area contributed by atoms with Gasteiger partial charge >= 0.3 is 5.97 Å². The van der Waals surface area contributed by atoms with Gasteiger partial charge in [0.2, 0.25) is 0 Å². The van der Waals surface area contributed by atoms with Crippen LogP contribution < -0.4 is 14.8 Å². The van der Waals surface area contributed by atoms with Crippen LogP contribution in [0.2, 0.25) is 5.02 Å². The molecular formula is C20H17ClN2O7. The molecule has 4 rings (SSSR count). The van der Waals surface area contributed by atoms with Gasteiger partial charge in [-0.2, -0.15) is 0 Å². The minimum absolute atomic E-state index is 0.0798. The highest BCUT2D eigenvalue weighted by molar-refractivity contribution is 6.32. The third kappa shape index (κ3) is 4.02. The van der Waals surface area contributed by atoms with Crippen molar-refractivity contribution < 1.29 is 28.7 Å². The van der Waals surface area contributed by atoms with Crippen LogP contribution >= 0.6 is 11.6 Å². The molecule has 156 valence electrons. The predicted octanol–water partition coefficient (Wildman–Crippen LogP) is 4.09. The highest BCUT2D eigenvalue weighted by Gasteiger charge is 2.44. The molecule has 1 spiro atoms. The van der Waals surface area contributed by atoms with E-state index >= 15 is 0 Å². The molecule has 1 amide bonds. The summed E-state index contributed by atoms with van der Waals surface area (Å²) in [4.78, 5) is 34.4. The van der Waals surface area contributed by atoms with Crippen molar-refractivity contribution in [2.75, 3.05) is 11.9 Å². The SMILES string of the molecule is O=C(COC(=O)c1ccc(Cl)c([N+](=O)[O-])c1)Nc1ccc2c(c1)OC1(CCCC1)O2. The van der Waals surface area contributed by atoms with Gasteiger partial charge in [-0.05, 0) is 37.1 Å². The van der Waals surface area contributed by atoms with Crippen LogP contribution in [0.25, 0.3) is 0 Å². The molecule has 0 radical (unpaired) electrons.